The minimum atomic E-state index is 0.0195. The average molecular weight is 238 g/mol. The Morgan fingerprint density at radius 1 is 1.50 bits per heavy atom. The van der Waals surface area contributed by atoms with E-state index in [1.165, 1.54) is 12.8 Å². The van der Waals surface area contributed by atoms with Gasteiger partial charge >= 0.3 is 0 Å². The normalized spacial score (nSPS) is 14.9. The zero-order chi connectivity index (χ0) is 11.7. The van der Waals surface area contributed by atoms with Gasteiger partial charge in [0.2, 0.25) is 0 Å². The van der Waals surface area contributed by atoms with Gasteiger partial charge in [0.25, 0.3) is 0 Å². The Morgan fingerprint density at radius 2 is 2.19 bits per heavy atom. The number of rotatable bonds is 4. The molecule has 1 aliphatic rings. The Morgan fingerprint density at radius 3 is 2.62 bits per heavy atom. The van der Waals surface area contributed by atoms with E-state index in [9.17, 15) is 4.79 Å². The molecule has 1 saturated carbocycles. The van der Waals surface area contributed by atoms with Crippen molar-refractivity contribution in [2.75, 3.05) is 11.4 Å². The van der Waals surface area contributed by atoms with Crippen molar-refractivity contribution in [3.8, 4) is 0 Å². The molecule has 2 rings (SSSR count). The van der Waals surface area contributed by atoms with Crippen LogP contribution in [-0.2, 0) is 0 Å². The molecule has 1 aromatic rings. The number of halogens is 1. The summed E-state index contributed by atoms with van der Waals surface area (Å²) in [6.07, 6.45) is 2.53. The van der Waals surface area contributed by atoms with Crippen LogP contribution in [0.25, 0.3) is 0 Å². The molecule has 0 amide bonds. The first-order chi connectivity index (χ1) is 7.63. The summed E-state index contributed by atoms with van der Waals surface area (Å²) in [5.74, 6) is 0.0195. The quantitative estimate of drug-likeness (QED) is 0.747. The van der Waals surface area contributed by atoms with Crippen LogP contribution in [0.2, 0.25) is 5.02 Å². The van der Waals surface area contributed by atoms with Crippen LogP contribution in [0, 0.1) is 0 Å². The summed E-state index contributed by atoms with van der Waals surface area (Å²) in [6.45, 7) is 4.67. The maximum atomic E-state index is 11.3. The van der Waals surface area contributed by atoms with Crippen LogP contribution in [0.1, 0.15) is 37.0 Å². The zero-order valence-corrected chi connectivity index (χ0v) is 10.4. The van der Waals surface area contributed by atoms with Gasteiger partial charge in [0.15, 0.2) is 5.78 Å². The molecule has 16 heavy (non-hydrogen) atoms. The van der Waals surface area contributed by atoms with Gasteiger partial charge in [0.1, 0.15) is 0 Å². The molecule has 3 heteroatoms. The summed E-state index contributed by atoms with van der Waals surface area (Å²) in [7, 11) is 0. The summed E-state index contributed by atoms with van der Waals surface area (Å²) in [5.41, 5.74) is 1.73. The summed E-state index contributed by atoms with van der Waals surface area (Å²) < 4.78 is 0. The molecule has 0 aliphatic heterocycles. The van der Waals surface area contributed by atoms with Crippen molar-refractivity contribution >= 4 is 23.1 Å². The van der Waals surface area contributed by atoms with Crippen molar-refractivity contribution in [3.05, 3.63) is 28.8 Å². The van der Waals surface area contributed by atoms with Crippen molar-refractivity contribution in [3.63, 3.8) is 0 Å². The SMILES string of the molecule is CCN(c1ccc(C(C)=O)c(Cl)c1)C1CC1. The van der Waals surface area contributed by atoms with E-state index in [0.29, 0.717) is 16.6 Å². The molecular weight excluding hydrogens is 222 g/mol. The summed E-state index contributed by atoms with van der Waals surface area (Å²) >= 11 is 6.10. The van der Waals surface area contributed by atoms with E-state index in [-0.39, 0.29) is 5.78 Å². The molecule has 1 fully saturated rings. The fraction of sp³-hybridized carbons (Fsp3) is 0.462. The second kappa shape index (κ2) is 4.46. The molecule has 86 valence electrons. The Labute approximate surface area is 101 Å². The lowest BCUT2D eigenvalue weighted by Gasteiger charge is -2.23. The molecule has 0 saturated heterocycles. The van der Waals surface area contributed by atoms with E-state index in [1.54, 1.807) is 6.92 Å². The zero-order valence-electron chi connectivity index (χ0n) is 9.66. The van der Waals surface area contributed by atoms with Crippen molar-refractivity contribution in [2.45, 2.75) is 32.7 Å². The van der Waals surface area contributed by atoms with Gasteiger partial charge in [-0.15, -0.1) is 0 Å². The molecule has 1 aliphatic carbocycles. The number of Topliss-reactive ketones (excluding diaryl/α,β-unsaturated/α-hetero) is 1. The summed E-state index contributed by atoms with van der Waals surface area (Å²) in [6, 6.07) is 6.39. The molecule has 0 spiro atoms. The van der Waals surface area contributed by atoms with Gasteiger partial charge < -0.3 is 4.90 Å². The molecule has 0 radical (unpaired) electrons. The van der Waals surface area contributed by atoms with E-state index in [2.05, 4.69) is 11.8 Å². The number of hydrogen-bond donors (Lipinski definition) is 0. The molecule has 0 N–H and O–H groups in total. The first kappa shape index (κ1) is 11.5. The molecule has 0 unspecified atom stereocenters. The fourth-order valence-electron chi connectivity index (χ4n) is 2.01. The van der Waals surface area contributed by atoms with Gasteiger partial charge in [-0.3, -0.25) is 4.79 Å². The van der Waals surface area contributed by atoms with Gasteiger partial charge in [-0.2, -0.15) is 0 Å². The summed E-state index contributed by atoms with van der Waals surface area (Å²) in [5, 5.41) is 0.559. The van der Waals surface area contributed by atoms with Gasteiger partial charge in [-0.05, 0) is 44.9 Å². The number of carbonyl (C=O) groups excluding carboxylic acids is 1. The first-order valence-corrected chi connectivity index (χ1v) is 6.08. The minimum Gasteiger partial charge on any atom is -0.369 e. The summed E-state index contributed by atoms with van der Waals surface area (Å²) in [4.78, 5) is 13.6. The highest BCUT2D eigenvalue weighted by molar-refractivity contribution is 6.34. The Kier molecular flexibility index (Phi) is 3.20. The lowest BCUT2D eigenvalue weighted by molar-refractivity contribution is 0.101. The van der Waals surface area contributed by atoms with Crippen molar-refractivity contribution in [2.24, 2.45) is 0 Å². The predicted molar refractivity (Wildman–Crippen MR) is 67.5 cm³/mol. The number of nitrogens with zero attached hydrogens (tertiary/aromatic N) is 1. The molecule has 0 bridgehead atoms. The standard InChI is InChI=1S/C13H16ClNO/c1-3-15(10-4-5-10)11-6-7-12(9(2)16)13(14)8-11/h6-8,10H,3-5H2,1-2H3. The second-order valence-corrected chi connectivity index (χ2v) is 4.64. The smallest absolute Gasteiger partial charge is 0.161 e. The molecule has 0 heterocycles. The van der Waals surface area contributed by atoms with Crippen LogP contribution < -0.4 is 4.90 Å². The monoisotopic (exact) mass is 237 g/mol. The minimum absolute atomic E-state index is 0.0195. The predicted octanol–water partition coefficient (Wildman–Crippen LogP) is 3.53. The number of benzene rings is 1. The Balaban J connectivity index is 2.28. The highest BCUT2D eigenvalue weighted by atomic mass is 35.5. The number of anilines is 1. The van der Waals surface area contributed by atoms with Crippen LogP contribution in [0.4, 0.5) is 5.69 Å². The average Bonchev–Trinajstić information content (AvgIpc) is 3.02. The van der Waals surface area contributed by atoms with E-state index in [4.69, 9.17) is 11.6 Å². The van der Waals surface area contributed by atoms with E-state index >= 15 is 0 Å². The highest BCUT2D eigenvalue weighted by Crippen LogP contribution is 2.33. The van der Waals surface area contributed by atoms with Crippen LogP contribution in [0.15, 0.2) is 18.2 Å². The highest BCUT2D eigenvalue weighted by Gasteiger charge is 2.28. The third kappa shape index (κ3) is 2.22. The maximum absolute atomic E-state index is 11.3. The number of ketones is 1. The van der Waals surface area contributed by atoms with E-state index in [1.807, 2.05) is 18.2 Å². The van der Waals surface area contributed by atoms with Crippen LogP contribution >= 0.6 is 11.6 Å². The lowest BCUT2D eigenvalue weighted by atomic mass is 10.1. The second-order valence-electron chi connectivity index (χ2n) is 4.24. The Hall–Kier alpha value is -1.02. The van der Waals surface area contributed by atoms with Gasteiger partial charge in [0, 0.05) is 23.8 Å². The van der Waals surface area contributed by atoms with Crippen LogP contribution in [0.5, 0.6) is 0 Å². The van der Waals surface area contributed by atoms with Crippen LogP contribution in [0.3, 0.4) is 0 Å². The number of carbonyl (C=O) groups is 1. The molecule has 1 aromatic carbocycles. The maximum Gasteiger partial charge on any atom is 0.161 e. The van der Waals surface area contributed by atoms with E-state index < -0.39 is 0 Å². The number of hydrogen-bond acceptors (Lipinski definition) is 2. The van der Waals surface area contributed by atoms with Gasteiger partial charge in [-0.25, -0.2) is 0 Å². The van der Waals surface area contributed by atoms with Gasteiger partial charge in [-0.1, -0.05) is 11.6 Å². The molecular formula is C13H16ClNO. The fourth-order valence-corrected chi connectivity index (χ4v) is 2.31. The third-order valence-corrected chi connectivity index (χ3v) is 3.30. The molecule has 2 nitrogen and oxygen atoms in total. The van der Waals surface area contributed by atoms with E-state index in [0.717, 1.165) is 12.2 Å². The van der Waals surface area contributed by atoms with Crippen molar-refractivity contribution in [1.82, 2.24) is 0 Å². The first-order valence-electron chi connectivity index (χ1n) is 5.70. The molecule has 0 aromatic heterocycles. The Bertz CT molecular complexity index is 412. The van der Waals surface area contributed by atoms with Crippen molar-refractivity contribution in [1.29, 1.82) is 0 Å². The van der Waals surface area contributed by atoms with Gasteiger partial charge in [0.05, 0.1) is 5.02 Å². The van der Waals surface area contributed by atoms with Crippen molar-refractivity contribution < 1.29 is 4.79 Å². The largest absolute Gasteiger partial charge is 0.369 e. The lowest BCUT2D eigenvalue weighted by Crippen LogP contribution is -2.24. The van der Waals surface area contributed by atoms with Crippen LogP contribution in [-0.4, -0.2) is 18.4 Å². The third-order valence-electron chi connectivity index (χ3n) is 2.99. The topological polar surface area (TPSA) is 20.3 Å². The molecule has 0 atom stereocenters.